The Kier molecular flexibility index (Phi) is 7.26. The number of rotatable bonds is 6. The van der Waals surface area contributed by atoms with Gasteiger partial charge in [-0.2, -0.15) is 10.3 Å². The lowest BCUT2D eigenvalue weighted by Crippen LogP contribution is -2.38. The first-order chi connectivity index (χ1) is 18.2. The van der Waals surface area contributed by atoms with Crippen LogP contribution in [-0.2, 0) is 9.57 Å². The lowest BCUT2D eigenvalue weighted by molar-refractivity contribution is -0.130. The van der Waals surface area contributed by atoms with Gasteiger partial charge >= 0.3 is 6.02 Å². The third-order valence-corrected chi connectivity index (χ3v) is 5.83. The van der Waals surface area contributed by atoms with Crippen molar-refractivity contribution < 1.29 is 9.57 Å². The van der Waals surface area contributed by atoms with Gasteiger partial charge in [0.1, 0.15) is 18.4 Å². The minimum atomic E-state index is 0.286. The largest absolute Gasteiger partial charge is 0.426 e. The maximum atomic E-state index is 9.40. The molecule has 1 heterocycles. The number of benzene rings is 4. The number of nitriles is 1. The minimum absolute atomic E-state index is 0.286. The maximum absolute atomic E-state index is 9.40. The van der Waals surface area contributed by atoms with Gasteiger partial charge < -0.3 is 9.64 Å². The fourth-order valence-corrected chi connectivity index (χ4v) is 4.05. The molecule has 0 atom stereocenters. The van der Waals surface area contributed by atoms with Crippen LogP contribution in [-0.4, -0.2) is 24.2 Å². The van der Waals surface area contributed by atoms with Crippen LogP contribution in [0.3, 0.4) is 0 Å². The molecule has 0 saturated carbocycles. The Hall–Kier alpha value is -4.86. The molecule has 0 spiro atoms. The third kappa shape index (κ3) is 5.53. The summed E-state index contributed by atoms with van der Waals surface area (Å²) >= 11 is 0. The topological polar surface area (TPSA) is 61.1 Å². The highest BCUT2D eigenvalue weighted by atomic mass is 16.7. The van der Waals surface area contributed by atoms with Crippen molar-refractivity contribution in [1.29, 1.82) is 5.26 Å². The molecule has 4 aromatic rings. The summed E-state index contributed by atoms with van der Waals surface area (Å²) in [5, 5.41) is 11.0. The molecule has 4 aromatic carbocycles. The van der Waals surface area contributed by atoms with Gasteiger partial charge in [-0.15, -0.1) is 0 Å². The van der Waals surface area contributed by atoms with Crippen LogP contribution in [0.4, 0.5) is 22.7 Å². The quantitative estimate of drug-likeness (QED) is 0.285. The molecule has 0 aromatic heterocycles. The molecule has 6 nitrogen and oxygen atoms in total. The Labute approximate surface area is 216 Å². The normalized spacial score (nSPS) is 15.3. The second kappa shape index (κ2) is 11.3. The zero-order valence-electron chi connectivity index (χ0n) is 20.5. The maximum Gasteiger partial charge on any atom is 0.322 e. The highest BCUT2D eigenvalue weighted by molar-refractivity contribution is 5.80. The van der Waals surface area contributed by atoms with Crippen molar-refractivity contribution in [3.63, 3.8) is 0 Å². The van der Waals surface area contributed by atoms with E-state index in [9.17, 15) is 5.26 Å². The Morgan fingerprint density at radius 1 is 0.838 bits per heavy atom. The SMILES string of the molecule is CCN1OC/C(=C\c2ccc(N(c3ccccc3)c3ccccc3)cc2)O/C1=N/c1ccccc1C#N. The van der Waals surface area contributed by atoms with Gasteiger partial charge in [0.05, 0.1) is 11.3 Å². The van der Waals surface area contributed by atoms with E-state index >= 15 is 0 Å². The van der Waals surface area contributed by atoms with E-state index in [0.717, 1.165) is 22.6 Å². The highest BCUT2D eigenvalue weighted by Gasteiger charge is 2.22. The van der Waals surface area contributed by atoms with Gasteiger partial charge in [-0.05, 0) is 67.1 Å². The van der Waals surface area contributed by atoms with Crippen LogP contribution < -0.4 is 4.90 Å². The van der Waals surface area contributed by atoms with E-state index in [1.807, 2.05) is 61.5 Å². The van der Waals surface area contributed by atoms with E-state index in [1.165, 1.54) is 0 Å². The summed E-state index contributed by atoms with van der Waals surface area (Å²) in [5.41, 5.74) is 5.21. The predicted octanol–water partition coefficient (Wildman–Crippen LogP) is 7.34. The Bertz CT molecular complexity index is 1400. The molecule has 6 heteroatoms. The molecule has 1 saturated heterocycles. The first kappa shape index (κ1) is 23.9. The van der Waals surface area contributed by atoms with E-state index in [0.29, 0.717) is 29.6 Å². The van der Waals surface area contributed by atoms with Gasteiger partial charge in [-0.25, -0.2) is 5.06 Å². The second-order valence-corrected chi connectivity index (χ2v) is 8.30. The van der Waals surface area contributed by atoms with E-state index < -0.39 is 0 Å². The summed E-state index contributed by atoms with van der Waals surface area (Å²) in [6.45, 7) is 2.80. The van der Waals surface area contributed by atoms with Gasteiger partial charge in [0.2, 0.25) is 0 Å². The van der Waals surface area contributed by atoms with Crippen molar-refractivity contribution in [3.8, 4) is 6.07 Å². The van der Waals surface area contributed by atoms with Crippen molar-refractivity contribution >= 4 is 34.8 Å². The van der Waals surface area contributed by atoms with E-state index in [4.69, 9.17) is 9.57 Å². The van der Waals surface area contributed by atoms with Gasteiger partial charge in [-0.3, -0.25) is 4.84 Å². The zero-order valence-corrected chi connectivity index (χ0v) is 20.5. The first-order valence-corrected chi connectivity index (χ1v) is 12.1. The minimum Gasteiger partial charge on any atom is -0.426 e. The van der Waals surface area contributed by atoms with Crippen LogP contribution in [0, 0.1) is 11.3 Å². The number of hydroxylamine groups is 2. The summed E-state index contributed by atoms with van der Waals surface area (Å²) in [6.07, 6.45) is 1.94. The summed E-state index contributed by atoms with van der Waals surface area (Å²) in [7, 11) is 0. The Balaban J connectivity index is 1.41. The van der Waals surface area contributed by atoms with Crippen LogP contribution in [0.15, 0.2) is 120 Å². The number of anilines is 3. The van der Waals surface area contributed by atoms with Crippen LogP contribution in [0.2, 0.25) is 0 Å². The fourth-order valence-electron chi connectivity index (χ4n) is 4.05. The number of para-hydroxylation sites is 3. The van der Waals surface area contributed by atoms with Crippen LogP contribution in [0.1, 0.15) is 18.1 Å². The zero-order chi connectivity index (χ0) is 25.5. The molecule has 0 N–H and O–H groups in total. The molecule has 0 bridgehead atoms. The second-order valence-electron chi connectivity index (χ2n) is 8.30. The molecule has 1 aliphatic rings. The van der Waals surface area contributed by atoms with Gasteiger partial charge in [0, 0.05) is 23.6 Å². The highest BCUT2D eigenvalue weighted by Crippen LogP contribution is 2.34. The molecule has 0 amide bonds. The summed E-state index contributed by atoms with van der Waals surface area (Å²) in [6, 6.07) is 38.5. The molecule has 37 heavy (non-hydrogen) atoms. The van der Waals surface area contributed by atoms with Gasteiger partial charge in [0.25, 0.3) is 0 Å². The van der Waals surface area contributed by atoms with Gasteiger partial charge in [0.15, 0.2) is 0 Å². The predicted molar refractivity (Wildman–Crippen MR) is 147 cm³/mol. The van der Waals surface area contributed by atoms with E-state index in [2.05, 4.69) is 64.5 Å². The monoisotopic (exact) mass is 486 g/mol. The molecule has 5 rings (SSSR count). The third-order valence-electron chi connectivity index (χ3n) is 5.83. The lowest BCUT2D eigenvalue weighted by atomic mass is 10.1. The number of hydrogen-bond donors (Lipinski definition) is 0. The number of ether oxygens (including phenoxy) is 1. The first-order valence-electron chi connectivity index (χ1n) is 12.1. The van der Waals surface area contributed by atoms with Crippen LogP contribution in [0.5, 0.6) is 0 Å². The molecule has 0 unspecified atom stereocenters. The number of aliphatic imine (C=N–C) groups is 1. The molecular weight excluding hydrogens is 460 g/mol. The van der Waals surface area contributed by atoms with Crippen molar-refractivity contribution in [2.24, 2.45) is 4.99 Å². The number of hydrogen-bond acceptors (Lipinski definition) is 5. The number of amidine groups is 1. The van der Waals surface area contributed by atoms with Crippen LogP contribution in [0.25, 0.3) is 6.08 Å². The molecule has 182 valence electrons. The molecule has 1 aliphatic heterocycles. The van der Waals surface area contributed by atoms with Gasteiger partial charge in [-0.1, -0.05) is 60.7 Å². The van der Waals surface area contributed by atoms with Crippen molar-refractivity contribution in [2.45, 2.75) is 6.92 Å². The standard InChI is InChI=1S/C31H26N4O2/c1-2-34-31(33-30-16-10-9-11-25(30)22-32)37-29(23-36-34)21-24-17-19-28(20-18-24)35(26-12-5-3-6-13-26)27-14-7-4-8-15-27/h3-21H,2,23H2,1H3/b29-21+,33-31+. The Morgan fingerprint density at radius 2 is 1.43 bits per heavy atom. The van der Waals surface area contributed by atoms with Crippen molar-refractivity contribution in [2.75, 3.05) is 18.1 Å². The van der Waals surface area contributed by atoms with Crippen LogP contribution >= 0.6 is 0 Å². The summed E-state index contributed by atoms with van der Waals surface area (Å²) < 4.78 is 6.11. The smallest absolute Gasteiger partial charge is 0.322 e. The molecule has 0 aliphatic carbocycles. The summed E-state index contributed by atoms with van der Waals surface area (Å²) in [4.78, 5) is 12.6. The fraction of sp³-hybridized carbons (Fsp3) is 0.0968. The van der Waals surface area contributed by atoms with E-state index in [-0.39, 0.29) is 6.61 Å². The lowest BCUT2D eigenvalue weighted by Gasteiger charge is -2.29. The molecule has 0 radical (unpaired) electrons. The van der Waals surface area contributed by atoms with E-state index in [1.54, 1.807) is 17.2 Å². The average molecular weight is 487 g/mol. The molecule has 1 fully saturated rings. The summed E-state index contributed by atoms with van der Waals surface area (Å²) in [5.74, 6) is 0.633. The number of nitrogens with zero attached hydrogens (tertiary/aromatic N) is 4. The average Bonchev–Trinajstić information content (AvgIpc) is 2.96. The van der Waals surface area contributed by atoms with Crippen molar-refractivity contribution in [1.82, 2.24) is 5.06 Å². The Morgan fingerprint density at radius 3 is 2.05 bits per heavy atom. The molecular formula is C31H26N4O2. The van der Waals surface area contributed by atoms with Crippen molar-refractivity contribution in [3.05, 3.63) is 126 Å².